The summed E-state index contributed by atoms with van der Waals surface area (Å²) in [5.74, 6) is 3.03. The molecule has 0 bridgehead atoms. The number of fused-ring (bicyclic) bond motifs is 1. The van der Waals surface area contributed by atoms with Gasteiger partial charge >= 0.3 is 0 Å². The highest BCUT2D eigenvalue weighted by Crippen LogP contribution is 2.26. The summed E-state index contributed by atoms with van der Waals surface area (Å²) < 4.78 is 11.0. The first-order valence-electron chi connectivity index (χ1n) is 8.06. The van der Waals surface area contributed by atoms with Gasteiger partial charge in [0.25, 0.3) is 0 Å². The molecule has 128 valence electrons. The summed E-state index contributed by atoms with van der Waals surface area (Å²) in [5, 5.41) is 3.95. The fraction of sp³-hybridized carbons (Fsp3) is 0.444. The predicted octanol–water partition coefficient (Wildman–Crippen LogP) is 3.33. The van der Waals surface area contributed by atoms with Crippen LogP contribution in [0.3, 0.4) is 0 Å². The van der Waals surface area contributed by atoms with Crippen LogP contribution in [0.2, 0.25) is 0 Å². The third kappa shape index (κ3) is 3.59. The lowest BCUT2D eigenvalue weighted by Gasteiger charge is -2.26. The lowest BCUT2D eigenvalue weighted by atomic mass is 10.2. The van der Waals surface area contributed by atoms with Crippen LogP contribution in [0.1, 0.15) is 29.5 Å². The highest BCUT2D eigenvalue weighted by atomic mass is 32.2. The normalized spacial score (nSPS) is 17.1. The topological polar surface area (TPSA) is 55.6 Å². The van der Waals surface area contributed by atoms with Gasteiger partial charge in [-0.1, -0.05) is 23.4 Å². The van der Waals surface area contributed by atoms with Crippen molar-refractivity contribution in [2.24, 2.45) is 0 Å². The van der Waals surface area contributed by atoms with Crippen molar-refractivity contribution in [3.8, 4) is 5.75 Å². The Labute approximate surface area is 146 Å². The number of rotatable bonds is 4. The van der Waals surface area contributed by atoms with Gasteiger partial charge in [0.15, 0.2) is 0 Å². The van der Waals surface area contributed by atoms with E-state index in [9.17, 15) is 4.79 Å². The molecule has 1 atom stereocenters. The van der Waals surface area contributed by atoms with Crippen molar-refractivity contribution in [1.82, 2.24) is 10.1 Å². The Balaban J connectivity index is 1.62. The molecule has 1 aromatic carbocycles. The number of nitrogens with zero attached hydrogens (tertiary/aromatic N) is 2. The van der Waals surface area contributed by atoms with E-state index >= 15 is 0 Å². The van der Waals surface area contributed by atoms with Crippen LogP contribution in [-0.2, 0) is 17.1 Å². The van der Waals surface area contributed by atoms with Crippen LogP contribution >= 0.6 is 11.8 Å². The molecule has 0 radical (unpaired) electrons. The van der Waals surface area contributed by atoms with Crippen LogP contribution in [0.25, 0.3) is 0 Å². The highest BCUT2D eigenvalue weighted by molar-refractivity contribution is 7.99. The molecule has 2 aromatic rings. The molecule has 3 rings (SSSR count). The number of para-hydroxylation sites is 1. The molecule has 5 nitrogen and oxygen atoms in total. The summed E-state index contributed by atoms with van der Waals surface area (Å²) in [5.41, 5.74) is 3.05. The molecule has 24 heavy (non-hydrogen) atoms. The number of hydrogen-bond donors (Lipinski definition) is 0. The molecule has 1 amide bonds. The molecule has 1 aliphatic rings. The molecule has 1 unspecified atom stereocenters. The second-order valence-corrected chi connectivity index (χ2v) is 7.07. The number of aromatic nitrogens is 1. The number of amides is 1. The Hall–Kier alpha value is -1.95. The summed E-state index contributed by atoms with van der Waals surface area (Å²) in [6.45, 7) is 6.99. The summed E-state index contributed by atoms with van der Waals surface area (Å²) in [7, 11) is 0. The summed E-state index contributed by atoms with van der Waals surface area (Å²) in [4.78, 5) is 14.6. The van der Waals surface area contributed by atoms with Gasteiger partial charge in [0.1, 0.15) is 18.1 Å². The zero-order valence-electron chi connectivity index (χ0n) is 14.2. The maximum Gasteiger partial charge on any atom is 0.233 e. The van der Waals surface area contributed by atoms with E-state index in [0.717, 1.165) is 34.1 Å². The van der Waals surface area contributed by atoms with Crippen molar-refractivity contribution in [3.05, 3.63) is 46.8 Å². The number of carbonyl (C=O) groups excluding carboxylic acids is 1. The highest BCUT2D eigenvalue weighted by Gasteiger charge is 2.25. The van der Waals surface area contributed by atoms with Gasteiger partial charge in [-0.2, -0.15) is 0 Å². The minimum absolute atomic E-state index is 0.0598. The van der Waals surface area contributed by atoms with Gasteiger partial charge in [0, 0.05) is 23.4 Å². The number of hydrogen-bond acceptors (Lipinski definition) is 5. The first-order valence-corrected chi connectivity index (χ1v) is 9.21. The van der Waals surface area contributed by atoms with Crippen molar-refractivity contribution in [2.45, 2.75) is 39.1 Å². The standard InChI is InChI=1S/C18H22N2O3S/c1-12-9-22-17-7-5-4-6-15(17)8-20(12)18(21)11-24-10-16-13(2)19-23-14(16)3/h4-7,12H,8-11H2,1-3H3. The van der Waals surface area contributed by atoms with E-state index in [1.54, 1.807) is 11.8 Å². The van der Waals surface area contributed by atoms with Crippen molar-refractivity contribution < 1.29 is 14.1 Å². The Morgan fingerprint density at radius 3 is 2.92 bits per heavy atom. The molecule has 0 fully saturated rings. The molecule has 6 heteroatoms. The summed E-state index contributed by atoms with van der Waals surface area (Å²) >= 11 is 1.60. The van der Waals surface area contributed by atoms with E-state index in [2.05, 4.69) is 5.16 Å². The molecular formula is C18H22N2O3S. The quantitative estimate of drug-likeness (QED) is 0.850. The number of carbonyl (C=O) groups is 1. The SMILES string of the molecule is Cc1noc(C)c1CSCC(=O)N1Cc2ccccc2OCC1C. The van der Waals surface area contributed by atoms with Crippen molar-refractivity contribution in [2.75, 3.05) is 12.4 Å². The number of benzene rings is 1. The van der Waals surface area contributed by atoms with Crippen LogP contribution in [0, 0.1) is 13.8 Å². The zero-order chi connectivity index (χ0) is 17.1. The van der Waals surface area contributed by atoms with E-state index in [-0.39, 0.29) is 11.9 Å². The first kappa shape index (κ1) is 16.9. The Kier molecular flexibility index (Phi) is 5.14. The van der Waals surface area contributed by atoms with E-state index in [1.807, 2.05) is 49.9 Å². The second-order valence-electron chi connectivity index (χ2n) is 6.08. The van der Waals surface area contributed by atoms with Crippen molar-refractivity contribution in [1.29, 1.82) is 0 Å². The van der Waals surface area contributed by atoms with Gasteiger partial charge < -0.3 is 14.2 Å². The molecular weight excluding hydrogens is 324 g/mol. The molecule has 0 N–H and O–H groups in total. The van der Waals surface area contributed by atoms with Crippen LogP contribution < -0.4 is 4.74 Å². The fourth-order valence-electron chi connectivity index (χ4n) is 2.78. The third-order valence-corrected chi connectivity index (χ3v) is 5.24. The average Bonchev–Trinajstić information content (AvgIpc) is 2.80. The van der Waals surface area contributed by atoms with Crippen molar-refractivity contribution >= 4 is 17.7 Å². The van der Waals surface area contributed by atoms with Gasteiger partial charge in [0.05, 0.1) is 17.5 Å². The largest absolute Gasteiger partial charge is 0.491 e. The molecule has 1 aromatic heterocycles. The number of ether oxygens (including phenoxy) is 1. The zero-order valence-corrected chi connectivity index (χ0v) is 15.1. The Morgan fingerprint density at radius 2 is 2.17 bits per heavy atom. The number of thioether (sulfide) groups is 1. The van der Waals surface area contributed by atoms with Crippen LogP contribution in [0.4, 0.5) is 0 Å². The van der Waals surface area contributed by atoms with E-state index in [1.165, 1.54) is 0 Å². The average molecular weight is 346 g/mol. The molecule has 2 heterocycles. The van der Waals surface area contributed by atoms with Gasteiger partial charge in [-0.25, -0.2) is 0 Å². The van der Waals surface area contributed by atoms with Crippen LogP contribution in [0.5, 0.6) is 5.75 Å². The Morgan fingerprint density at radius 1 is 1.38 bits per heavy atom. The van der Waals surface area contributed by atoms with Gasteiger partial charge in [-0.3, -0.25) is 4.79 Å². The Bertz CT molecular complexity index is 709. The van der Waals surface area contributed by atoms with Crippen LogP contribution in [0.15, 0.2) is 28.8 Å². The lowest BCUT2D eigenvalue weighted by Crippen LogP contribution is -2.40. The van der Waals surface area contributed by atoms with E-state index < -0.39 is 0 Å². The fourth-order valence-corrected chi connectivity index (χ4v) is 3.84. The first-order chi connectivity index (χ1) is 11.6. The van der Waals surface area contributed by atoms with E-state index in [4.69, 9.17) is 9.26 Å². The minimum Gasteiger partial charge on any atom is -0.491 e. The van der Waals surface area contributed by atoms with Crippen LogP contribution in [-0.4, -0.2) is 34.4 Å². The molecule has 0 aliphatic carbocycles. The summed E-state index contributed by atoms with van der Waals surface area (Å²) in [6.07, 6.45) is 0. The predicted molar refractivity (Wildman–Crippen MR) is 94.1 cm³/mol. The molecule has 0 saturated carbocycles. The number of aryl methyl sites for hydroxylation is 2. The monoisotopic (exact) mass is 346 g/mol. The maximum atomic E-state index is 12.7. The van der Waals surface area contributed by atoms with Gasteiger partial charge in [-0.05, 0) is 26.8 Å². The maximum absolute atomic E-state index is 12.7. The minimum atomic E-state index is 0.0598. The smallest absolute Gasteiger partial charge is 0.233 e. The molecule has 0 saturated heterocycles. The second kappa shape index (κ2) is 7.30. The molecule has 0 spiro atoms. The van der Waals surface area contributed by atoms with Gasteiger partial charge in [-0.15, -0.1) is 11.8 Å². The summed E-state index contributed by atoms with van der Waals surface area (Å²) in [6, 6.07) is 7.98. The lowest BCUT2D eigenvalue weighted by molar-refractivity contribution is -0.131. The van der Waals surface area contributed by atoms with Gasteiger partial charge in [0.2, 0.25) is 5.91 Å². The molecule has 1 aliphatic heterocycles. The third-order valence-electron chi connectivity index (χ3n) is 4.30. The van der Waals surface area contributed by atoms with E-state index in [0.29, 0.717) is 18.9 Å². The van der Waals surface area contributed by atoms with Crippen molar-refractivity contribution in [3.63, 3.8) is 0 Å².